The van der Waals surface area contributed by atoms with Crippen molar-refractivity contribution in [1.82, 2.24) is 14.7 Å². The van der Waals surface area contributed by atoms with Crippen molar-refractivity contribution in [2.45, 2.75) is 59.4 Å². The van der Waals surface area contributed by atoms with E-state index in [0.717, 1.165) is 92.0 Å². The zero-order chi connectivity index (χ0) is 28.5. The van der Waals surface area contributed by atoms with Crippen molar-refractivity contribution >= 4 is 0 Å². The molecule has 1 fully saturated rings. The molecule has 1 heterocycles. The molecule has 0 spiro atoms. The van der Waals surface area contributed by atoms with E-state index in [1.807, 2.05) is 12.1 Å². The van der Waals surface area contributed by atoms with Crippen LogP contribution in [0.4, 0.5) is 0 Å². The van der Waals surface area contributed by atoms with Crippen LogP contribution in [0.3, 0.4) is 0 Å². The second kappa shape index (κ2) is 14.6. The number of nitrogens with zero attached hydrogens (tertiary/aromatic N) is 3. The van der Waals surface area contributed by atoms with E-state index < -0.39 is 0 Å². The van der Waals surface area contributed by atoms with Crippen LogP contribution in [0.1, 0.15) is 51.8 Å². The van der Waals surface area contributed by atoms with Gasteiger partial charge in [0.25, 0.3) is 0 Å². The Morgan fingerprint density at radius 2 is 0.975 bits per heavy atom. The third-order valence-electron chi connectivity index (χ3n) is 7.93. The molecule has 0 aromatic heterocycles. The minimum Gasteiger partial charge on any atom is -0.507 e. The molecular weight excluding hydrogens is 498 g/mol. The van der Waals surface area contributed by atoms with E-state index >= 15 is 0 Å². The zero-order valence-corrected chi connectivity index (χ0v) is 24.3. The van der Waals surface area contributed by atoms with Crippen molar-refractivity contribution < 1.29 is 10.2 Å². The monoisotopic (exact) mass is 545 g/mol. The Labute approximate surface area is 240 Å². The lowest BCUT2D eigenvalue weighted by atomic mass is 10.0. The molecule has 4 rings (SSSR count). The van der Waals surface area contributed by atoms with Crippen molar-refractivity contribution in [3.8, 4) is 11.5 Å². The van der Waals surface area contributed by atoms with Crippen LogP contribution < -0.4 is 11.5 Å². The van der Waals surface area contributed by atoms with Gasteiger partial charge >= 0.3 is 0 Å². The Kier molecular flexibility index (Phi) is 11.0. The van der Waals surface area contributed by atoms with E-state index in [9.17, 15) is 10.2 Å². The fraction of sp³-hybridized carbons (Fsp3) is 0.455. The van der Waals surface area contributed by atoms with Crippen LogP contribution in [0, 0.1) is 13.8 Å². The molecule has 3 aromatic rings. The molecule has 7 nitrogen and oxygen atoms in total. The summed E-state index contributed by atoms with van der Waals surface area (Å²) in [5.41, 5.74) is 18.9. The van der Waals surface area contributed by atoms with E-state index in [2.05, 4.69) is 71.0 Å². The van der Waals surface area contributed by atoms with E-state index in [4.69, 9.17) is 11.5 Å². The molecule has 7 heteroatoms. The van der Waals surface area contributed by atoms with Gasteiger partial charge in [0.15, 0.2) is 0 Å². The van der Waals surface area contributed by atoms with Gasteiger partial charge in [-0.15, -0.1) is 0 Å². The first-order chi connectivity index (χ1) is 19.4. The van der Waals surface area contributed by atoms with Gasteiger partial charge in [-0.1, -0.05) is 65.7 Å². The van der Waals surface area contributed by atoms with Crippen molar-refractivity contribution in [2.24, 2.45) is 11.5 Å². The van der Waals surface area contributed by atoms with Gasteiger partial charge in [0.1, 0.15) is 11.5 Å². The molecule has 1 saturated heterocycles. The van der Waals surface area contributed by atoms with E-state index in [1.54, 1.807) is 0 Å². The Balaban J connectivity index is 1.53. The number of phenols is 2. The summed E-state index contributed by atoms with van der Waals surface area (Å²) >= 11 is 0. The lowest BCUT2D eigenvalue weighted by molar-refractivity contribution is 0.193. The van der Waals surface area contributed by atoms with Crippen LogP contribution in [0.15, 0.2) is 54.6 Å². The molecule has 3 aromatic carbocycles. The molecule has 216 valence electrons. The maximum absolute atomic E-state index is 10.9. The summed E-state index contributed by atoms with van der Waals surface area (Å²) in [6.07, 6.45) is 2.06. The SMILES string of the molecule is Cc1cc(CN)c(O)c(CN2CCCN(Cc3ccccc3)CCN(Cc3cc(C)cc(CN)c3O)CCC2)c1. The zero-order valence-electron chi connectivity index (χ0n) is 24.3. The molecule has 0 saturated carbocycles. The first-order valence-corrected chi connectivity index (χ1v) is 14.6. The maximum Gasteiger partial charge on any atom is 0.124 e. The van der Waals surface area contributed by atoms with E-state index in [1.165, 1.54) is 5.56 Å². The molecule has 6 N–H and O–H groups in total. The van der Waals surface area contributed by atoms with Crippen LogP contribution in [0.5, 0.6) is 11.5 Å². The Morgan fingerprint density at radius 3 is 1.43 bits per heavy atom. The van der Waals surface area contributed by atoms with Crippen molar-refractivity contribution in [1.29, 1.82) is 0 Å². The van der Waals surface area contributed by atoms with Gasteiger partial charge in [-0.3, -0.25) is 14.7 Å². The van der Waals surface area contributed by atoms with Crippen LogP contribution >= 0.6 is 0 Å². The maximum atomic E-state index is 10.9. The number of aromatic hydroxyl groups is 2. The van der Waals surface area contributed by atoms with E-state index in [-0.39, 0.29) is 0 Å². The van der Waals surface area contributed by atoms with Crippen LogP contribution in [0.2, 0.25) is 0 Å². The highest BCUT2D eigenvalue weighted by Gasteiger charge is 2.18. The van der Waals surface area contributed by atoms with Crippen molar-refractivity contribution in [3.63, 3.8) is 0 Å². The van der Waals surface area contributed by atoms with Crippen LogP contribution in [-0.4, -0.2) is 64.2 Å². The predicted molar refractivity (Wildman–Crippen MR) is 163 cm³/mol. The second-order valence-electron chi connectivity index (χ2n) is 11.3. The number of benzene rings is 3. The normalized spacial score (nSPS) is 16.6. The highest BCUT2D eigenvalue weighted by molar-refractivity contribution is 5.44. The van der Waals surface area contributed by atoms with Gasteiger partial charge in [0.2, 0.25) is 0 Å². The highest BCUT2D eigenvalue weighted by atomic mass is 16.3. The molecule has 0 bridgehead atoms. The van der Waals surface area contributed by atoms with Gasteiger partial charge in [0.05, 0.1) is 0 Å². The molecule has 0 aliphatic carbocycles. The van der Waals surface area contributed by atoms with Crippen molar-refractivity contribution in [2.75, 3.05) is 39.3 Å². The Hall–Kier alpha value is -2.94. The standard InChI is InChI=1S/C33H47N5O2/c1-25-16-28(20-34)32(39)30(18-25)23-36-10-6-12-37(22-27-8-4-3-5-9-27)14-15-38(13-7-11-36)24-31-19-26(2)17-29(21-35)33(31)40/h3-5,8-9,16-19,39-40H,6-7,10-15,20-24,34-35H2,1-2H3. The summed E-state index contributed by atoms with van der Waals surface area (Å²) in [5.74, 6) is 0.663. The fourth-order valence-electron chi connectivity index (χ4n) is 5.87. The third-order valence-corrected chi connectivity index (χ3v) is 7.93. The summed E-state index contributed by atoms with van der Waals surface area (Å²) < 4.78 is 0. The summed E-state index contributed by atoms with van der Waals surface area (Å²) in [5, 5.41) is 21.8. The van der Waals surface area contributed by atoms with Gasteiger partial charge in [-0.05, 0) is 58.4 Å². The Morgan fingerprint density at radius 1 is 0.575 bits per heavy atom. The topological polar surface area (TPSA) is 102 Å². The fourth-order valence-corrected chi connectivity index (χ4v) is 5.87. The molecule has 0 atom stereocenters. The lowest BCUT2D eigenvalue weighted by Gasteiger charge is -2.28. The number of hydrogen-bond acceptors (Lipinski definition) is 7. The van der Waals surface area contributed by atoms with Crippen molar-refractivity contribution in [3.05, 3.63) is 93.5 Å². The summed E-state index contributed by atoms with van der Waals surface area (Å²) in [6, 6.07) is 18.8. The first kappa shape index (κ1) is 30.0. The average Bonchev–Trinajstić information content (AvgIpc) is 2.98. The smallest absolute Gasteiger partial charge is 0.124 e. The summed E-state index contributed by atoms with van der Waals surface area (Å²) in [7, 11) is 0. The van der Waals surface area contributed by atoms with Gasteiger partial charge in [0, 0.05) is 68.1 Å². The van der Waals surface area contributed by atoms with Crippen LogP contribution in [-0.2, 0) is 32.7 Å². The molecule has 0 radical (unpaired) electrons. The molecule has 1 aliphatic rings. The largest absolute Gasteiger partial charge is 0.507 e. The summed E-state index contributed by atoms with van der Waals surface area (Å²) in [4.78, 5) is 7.48. The highest BCUT2D eigenvalue weighted by Crippen LogP contribution is 2.27. The molecule has 1 aliphatic heterocycles. The number of nitrogens with two attached hydrogens (primary N) is 2. The number of aryl methyl sites for hydroxylation is 2. The predicted octanol–water partition coefficient (Wildman–Crippen LogP) is 4.23. The molecule has 0 unspecified atom stereocenters. The minimum absolute atomic E-state index is 0.329. The quantitative estimate of drug-likeness (QED) is 0.336. The van der Waals surface area contributed by atoms with Gasteiger partial charge in [-0.25, -0.2) is 0 Å². The van der Waals surface area contributed by atoms with Crippen LogP contribution in [0.25, 0.3) is 0 Å². The Bertz CT molecular complexity index is 1230. The third kappa shape index (κ3) is 8.29. The molecular formula is C33H47N5O2. The van der Waals surface area contributed by atoms with E-state index in [0.29, 0.717) is 37.7 Å². The number of rotatable bonds is 8. The second-order valence-corrected chi connectivity index (χ2v) is 11.3. The molecule has 0 amide bonds. The first-order valence-electron chi connectivity index (χ1n) is 14.6. The molecule has 40 heavy (non-hydrogen) atoms. The average molecular weight is 546 g/mol. The number of phenolic OH excluding ortho intramolecular Hbond substituents is 2. The lowest BCUT2D eigenvalue weighted by Crippen LogP contribution is -2.35. The van der Waals surface area contributed by atoms with Gasteiger partial charge in [-0.2, -0.15) is 0 Å². The minimum atomic E-state index is 0.329. The number of hydrogen-bond donors (Lipinski definition) is 4. The van der Waals surface area contributed by atoms with Gasteiger partial charge < -0.3 is 21.7 Å². The summed E-state index contributed by atoms with van der Waals surface area (Å²) in [6.45, 7) is 12.8.